The lowest BCUT2D eigenvalue weighted by molar-refractivity contribution is 0.319. The lowest BCUT2D eigenvalue weighted by Crippen LogP contribution is -2.25. The van der Waals surface area contributed by atoms with Gasteiger partial charge in [-0.2, -0.15) is 0 Å². The van der Waals surface area contributed by atoms with Crippen molar-refractivity contribution in [3.63, 3.8) is 0 Å². The van der Waals surface area contributed by atoms with Gasteiger partial charge in [0.1, 0.15) is 0 Å². The van der Waals surface area contributed by atoms with Crippen molar-refractivity contribution in [1.29, 1.82) is 0 Å². The van der Waals surface area contributed by atoms with Gasteiger partial charge in [0.15, 0.2) is 0 Å². The highest BCUT2D eigenvalue weighted by Crippen LogP contribution is 2.47. The van der Waals surface area contributed by atoms with Gasteiger partial charge in [-0.1, -0.05) is 455 Å². The molecule has 2 saturated carbocycles. The Kier molecular flexibility index (Phi) is 30.8. The van der Waals surface area contributed by atoms with E-state index in [1.165, 1.54) is 113 Å². The summed E-state index contributed by atoms with van der Waals surface area (Å²) in [4.78, 5) is 0. The van der Waals surface area contributed by atoms with Crippen molar-refractivity contribution in [3.05, 3.63) is 395 Å². The van der Waals surface area contributed by atoms with E-state index in [4.69, 9.17) is 0 Å². The van der Waals surface area contributed by atoms with Crippen LogP contribution in [0.3, 0.4) is 0 Å². The molecule has 2 fully saturated rings. The molecule has 11 aromatic carbocycles. The third-order valence-corrected chi connectivity index (χ3v) is 20.6. The first kappa shape index (κ1) is 78.4. The molecule has 0 heteroatoms. The number of hydrogen-bond acceptors (Lipinski definition) is 0. The van der Waals surface area contributed by atoms with Crippen LogP contribution in [-0.4, -0.2) is 0 Å². The van der Waals surface area contributed by atoms with Crippen LogP contribution < -0.4 is 0 Å². The van der Waals surface area contributed by atoms with Gasteiger partial charge in [0.25, 0.3) is 0 Å². The SMILES string of the molecule is CC(C)(C)c1ccccc1.CC(C)(c1ccccc1)c1ccccc1.CC(c1ccccc1)(c1ccccc1)c1ccccc1.CC(c1ccccc1)C(C)(C)C.CC1(c2ccccc2)CC1.CC1(c2ccccc2)CCCCC1.CCC(C)(C)c1ccccc1.Cc1ccccc1. The molecule has 0 saturated heterocycles. The smallest absolute Gasteiger partial charge is 0.0423 e. The van der Waals surface area contributed by atoms with E-state index in [0.717, 1.165) is 0 Å². The van der Waals surface area contributed by atoms with E-state index in [2.05, 4.69) is 426 Å². The lowest BCUT2D eigenvalue weighted by Gasteiger charge is -2.34. The van der Waals surface area contributed by atoms with Crippen molar-refractivity contribution < 1.29 is 0 Å². The Morgan fingerprint density at radius 3 is 0.806 bits per heavy atom. The van der Waals surface area contributed by atoms with Gasteiger partial charge in [-0.3, -0.25) is 0 Å². The molecule has 0 spiro atoms. The first-order valence-electron chi connectivity index (χ1n) is 36.4. The van der Waals surface area contributed by atoms with E-state index in [1.54, 1.807) is 0 Å². The normalized spacial score (nSPS) is 13.8. The van der Waals surface area contributed by atoms with Crippen LogP contribution >= 0.6 is 0 Å². The number of rotatable bonds is 10. The zero-order valence-electron chi connectivity index (χ0n) is 63.0. The monoisotopic (exact) mass is 1300 g/mol. The minimum absolute atomic E-state index is 0.0858. The molecular weight excluding hydrogens is 1180 g/mol. The van der Waals surface area contributed by atoms with E-state index in [-0.39, 0.29) is 10.8 Å². The molecule has 2 aliphatic carbocycles. The van der Waals surface area contributed by atoms with Crippen molar-refractivity contribution in [2.24, 2.45) is 5.41 Å². The topological polar surface area (TPSA) is 0 Å². The summed E-state index contributed by atoms with van der Waals surface area (Å²) in [6.45, 7) is 36.3. The van der Waals surface area contributed by atoms with E-state index < -0.39 is 0 Å². The fourth-order valence-electron chi connectivity index (χ4n) is 12.3. The molecule has 0 aromatic heterocycles. The standard InChI is InChI=1S/C20H18.C15H16.C13H18.C12H18.C11H16.C10H12.C10H14.C7H8/c1-20(17-11-5-2-6-12-17,18-13-7-3-8-14-18)19-15-9-4-10-16-19;1-15(2,13-9-5-3-6-10-13)14-11-7-4-8-12-14;1-13(10-6-3-7-11-13)12-8-4-2-5-9-12;1-10(12(2,3)4)11-8-6-5-7-9-11;1-4-11(2,3)10-8-6-5-7-9-10;1-10(7-8-10)9-5-3-2-4-6-9;1-10(2,3)9-7-5-4-6-8-9;1-7-5-3-2-4-6-7/h2-16H,1H3;3-12H,1-2H3;2,4-5,8-9H,3,6-7,10-11H2,1H3;5-10H,1-4H3;5-9H,4H2,1-3H3;2-6H,7-8H2,1H3;4-8H,1-3H3;2-6H,1H3. The van der Waals surface area contributed by atoms with Gasteiger partial charge in [0.2, 0.25) is 0 Å². The molecule has 0 nitrogen and oxygen atoms in total. The van der Waals surface area contributed by atoms with E-state index in [1.807, 2.05) is 18.2 Å². The Balaban J connectivity index is 0.000000180. The predicted octanol–water partition coefficient (Wildman–Crippen LogP) is 27.9. The molecular formula is C98H120. The maximum absolute atomic E-state index is 2.42. The molecule has 512 valence electrons. The highest BCUT2D eigenvalue weighted by molar-refractivity contribution is 5.49. The molecule has 0 heterocycles. The third-order valence-electron chi connectivity index (χ3n) is 20.6. The van der Waals surface area contributed by atoms with Crippen LogP contribution in [0.25, 0.3) is 0 Å². The van der Waals surface area contributed by atoms with Gasteiger partial charge >= 0.3 is 0 Å². The maximum atomic E-state index is 2.42. The number of hydrogen-bond donors (Lipinski definition) is 0. The number of benzene rings is 11. The van der Waals surface area contributed by atoms with Gasteiger partial charge in [-0.05, 0) is 135 Å². The zero-order chi connectivity index (χ0) is 71.0. The average Bonchev–Trinajstić information content (AvgIpc) is 1.83. The second kappa shape index (κ2) is 38.5. The summed E-state index contributed by atoms with van der Waals surface area (Å²) in [7, 11) is 0. The van der Waals surface area contributed by atoms with Crippen LogP contribution in [0.15, 0.2) is 334 Å². The van der Waals surface area contributed by atoms with Gasteiger partial charge < -0.3 is 0 Å². The minimum Gasteiger partial charge on any atom is -0.0646 e. The second-order valence-electron chi connectivity index (χ2n) is 30.9. The van der Waals surface area contributed by atoms with Crippen molar-refractivity contribution in [1.82, 2.24) is 0 Å². The molecule has 2 aliphatic rings. The van der Waals surface area contributed by atoms with Crippen molar-refractivity contribution >= 4 is 0 Å². The molecule has 0 bridgehead atoms. The van der Waals surface area contributed by atoms with Crippen molar-refractivity contribution in [2.75, 3.05) is 0 Å². The summed E-state index contributed by atoms with van der Waals surface area (Å²) in [5, 5.41) is 0. The van der Waals surface area contributed by atoms with Crippen LogP contribution in [0.1, 0.15) is 222 Å². The van der Waals surface area contributed by atoms with Crippen LogP contribution in [-0.2, 0) is 32.5 Å². The molecule has 1 unspecified atom stereocenters. The van der Waals surface area contributed by atoms with Crippen LogP contribution in [0.2, 0.25) is 0 Å². The largest absolute Gasteiger partial charge is 0.0646 e. The third kappa shape index (κ3) is 25.1. The second-order valence-corrected chi connectivity index (χ2v) is 30.9. The molecule has 98 heavy (non-hydrogen) atoms. The zero-order valence-corrected chi connectivity index (χ0v) is 63.0. The van der Waals surface area contributed by atoms with Gasteiger partial charge in [-0.25, -0.2) is 0 Å². The number of aryl methyl sites for hydroxylation is 1. The summed E-state index contributed by atoms with van der Waals surface area (Å²) in [6.07, 6.45) is 10.9. The molecule has 13 rings (SSSR count). The molecule has 1 atom stereocenters. The highest BCUT2D eigenvalue weighted by Gasteiger charge is 2.38. The lowest BCUT2D eigenvalue weighted by atomic mass is 9.71. The Hall–Kier alpha value is -8.58. The minimum atomic E-state index is -0.121. The Labute approximate surface area is 597 Å². The summed E-state index contributed by atoms with van der Waals surface area (Å²) in [5.41, 5.74) is 17.3. The van der Waals surface area contributed by atoms with Crippen molar-refractivity contribution in [3.8, 4) is 0 Å². The first-order valence-corrected chi connectivity index (χ1v) is 36.4. The van der Waals surface area contributed by atoms with Gasteiger partial charge in [0, 0.05) is 10.8 Å². The fraction of sp³-hybridized carbons (Fsp3) is 0.327. The Morgan fingerprint density at radius 1 is 0.296 bits per heavy atom. The summed E-state index contributed by atoms with van der Waals surface area (Å²) in [6, 6.07) is 117. The molecule has 11 aromatic rings. The fourth-order valence-corrected chi connectivity index (χ4v) is 12.3. The Morgan fingerprint density at radius 2 is 0.551 bits per heavy atom. The molecule has 0 N–H and O–H groups in total. The van der Waals surface area contributed by atoms with Crippen molar-refractivity contribution in [2.45, 2.75) is 201 Å². The summed E-state index contributed by atoms with van der Waals surface area (Å²) in [5.74, 6) is 0.624. The van der Waals surface area contributed by atoms with E-state index in [0.29, 0.717) is 33.0 Å². The summed E-state index contributed by atoms with van der Waals surface area (Å²) >= 11 is 0. The van der Waals surface area contributed by atoms with E-state index in [9.17, 15) is 0 Å². The van der Waals surface area contributed by atoms with Gasteiger partial charge in [0.05, 0.1) is 0 Å². The van der Waals surface area contributed by atoms with Crippen LogP contribution in [0, 0.1) is 12.3 Å². The quantitative estimate of drug-likeness (QED) is 0.120. The first-order chi connectivity index (χ1) is 46.8. The Bertz CT molecular complexity index is 3620. The average molecular weight is 1300 g/mol. The predicted molar refractivity (Wildman–Crippen MR) is 430 cm³/mol. The van der Waals surface area contributed by atoms with Gasteiger partial charge in [-0.15, -0.1) is 0 Å². The molecule has 0 radical (unpaired) electrons. The van der Waals surface area contributed by atoms with Crippen LogP contribution in [0.5, 0.6) is 0 Å². The van der Waals surface area contributed by atoms with E-state index >= 15 is 0 Å². The summed E-state index contributed by atoms with van der Waals surface area (Å²) < 4.78 is 0. The highest BCUT2D eigenvalue weighted by atomic mass is 14.4. The maximum Gasteiger partial charge on any atom is 0.0423 e. The van der Waals surface area contributed by atoms with Crippen LogP contribution in [0.4, 0.5) is 0 Å². The molecule has 0 aliphatic heterocycles. The molecule has 0 amide bonds.